The molecular formula is C12H10ClFN2O2S. The van der Waals surface area contributed by atoms with E-state index in [0.29, 0.717) is 5.13 Å². The van der Waals surface area contributed by atoms with Crippen LogP contribution in [0.25, 0.3) is 0 Å². The third-order valence-corrected chi connectivity index (χ3v) is 3.94. The number of thiazole rings is 1. The highest BCUT2D eigenvalue weighted by Crippen LogP contribution is 2.33. The molecule has 1 aromatic carbocycles. The zero-order valence-corrected chi connectivity index (χ0v) is 11.8. The Bertz CT molecular complexity index is 600. The number of hydrogen-bond acceptors (Lipinski definition) is 5. The Morgan fingerprint density at radius 3 is 2.63 bits per heavy atom. The second kappa shape index (κ2) is 5.54. The molecule has 4 nitrogen and oxygen atoms in total. The Kier molecular flexibility index (Phi) is 4.01. The largest absolute Gasteiger partial charge is 0.465 e. The molecule has 1 heterocycles. The van der Waals surface area contributed by atoms with E-state index in [1.807, 2.05) is 0 Å². The number of halogens is 2. The predicted octanol–water partition coefficient (Wildman–Crippen LogP) is 3.49. The molecule has 2 rings (SSSR count). The SMILES string of the molecule is COC(=O)c1sc(N(C)c2ccc(F)cc2)nc1Cl. The van der Waals surface area contributed by atoms with Crippen molar-refractivity contribution in [2.75, 3.05) is 19.1 Å². The van der Waals surface area contributed by atoms with Gasteiger partial charge >= 0.3 is 5.97 Å². The Balaban J connectivity index is 2.31. The smallest absolute Gasteiger partial charge is 0.351 e. The van der Waals surface area contributed by atoms with Gasteiger partial charge in [-0.25, -0.2) is 14.2 Å². The second-order valence-corrected chi connectivity index (χ2v) is 4.98. The van der Waals surface area contributed by atoms with Gasteiger partial charge in [0.05, 0.1) is 7.11 Å². The minimum absolute atomic E-state index is 0.0980. The average Bonchev–Trinajstić information content (AvgIpc) is 2.80. The number of aromatic nitrogens is 1. The highest BCUT2D eigenvalue weighted by atomic mass is 35.5. The van der Waals surface area contributed by atoms with Crippen molar-refractivity contribution >= 4 is 39.7 Å². The van der Waals surface area contributed by atoms with Gasteiger partial charge in [0.25, 0.3) is 0 Å². The van der Waals surface area contributed by atoms with Gasteiger partial charge in [0.15, 0.2) is 15.2 Å². The van der Waals surface area contributed by atoms with Crippen LogP contribution in [-0.2, 0) is 4.74 Å². The lowest BCUT2D eigenvalue weighted by atomic mass is 10.3. The number of esters is 1. The quantitative estimate of drug-likeness (QED) is 0.814. The van der Waals surface area contributed by atoms with Gasteiger partial charge in [0.1, 0.15) is 5.82 Å². The topological polar surface area (TPSA) is 42.4 Å². The highest BCUT2D eigenvalue weighted by molar-refractivity contribution is 7.18. The number of benzene rings is 1. The molecule has 0 radical (unpaired) electrons. The van der Waals surface area contributed by atoms with Crippen molar-refractivity contribution in [3.8, 4) is 0 Å². The van der Waals surface area contributed by atoms with Crippen molar-refractivity contribution in [3.05, 3.63) is 40.1 Å². The van der Waals surface area contributed by atoms with Crippen LogP contribution >= 0.6 is 22.9 Å². The molecule has 0 N–H and O–H groups in total. The minimum Gasteiger partial charge on any atom is -0.465 e. The summed E-state index contributed by atoms with van der Waals surface area (Å²) in [6.45, 7) is 0. The van der Waals surface area contributed by atoms with E-state index in [-0.39, 0.29) is 15.8 Å². The molecule has 0 atom stereocenters. The Hall–Kier alpha value is -1.66. The maximum absolute atomic E-state index is 12.9. The van der Waals surface area contributed by atoms with E-state index in [9.17, 15) is 9.18 Å². The first-order valence-electron chi connectivity index (χ1n) is 5.27. The fourth-order valence-electron chi connectivity index (χ4n) is 1.43. The molecule has 19 heavy (non-hydrogen) atoms. The summed E-state index contributed by atoms with van der Waals surface area (Å²) in [6, 6.07) is 5.93. The number of carbonyl (C=O) groups is 1. The van der Waals surface area contributed by atoms with E-state index in [1.165, 1.54) is 19.2 Å². The molecule has 0 saturated heterocycles. The van der Waals surface area contributed by atoms with Crippen LogP contribution in [0.4, 0.5) is 15.2 Å². The van der Waals surface area contributed by atoms with E-state index >= 15 is 0 Å². The predicted molar refractivity (Wildman–Crippen MR) is 72.9 cm³/mol. The van der Waals surface area contributed by atoms with Crippen molar-refractivity contribution in [3.63, 3.8) is 0 Å². The van der Waals surface area contributed by atoms with Gasteiger partial charge in [-0.2, -0.15) is 0 Å². The summed E-state index contributed by atoms with van der Waals surface area (Å²) in [5.41, 5.74) is 0.739. The number of anilines is 2. The number of methoxy groups -OCH3 is 1. The number of nitrogens with zero attached hydrogens (tertiary/aromatic N) is 2. The molecule has 0 aliphatic rings. The molecule has 0 aliphatic heterocycles. The second-order valence-electron chi connectivity index (χ2n) is 3.64. The van der Waals surface area contributed by atoms with Crippen molar-refractivity contribution in [2.45, 2.75) is 0 Å². The van der Waals surface area contributed by atoms with E-state index < -0.39 is 5.97 Å². The van der Waals surface area contributed by atoms with Gasteiger partial charge in [0, 0.05) is 12.7 Å². The van der Waals surface area contributed by atoms with Crippen molar-refractivity contribution < 1.29 is 13.9 Å². The Morgan fingerprint density at radius 1 is 1.42 bits per heavy atom. The lowest BCUT2D eigenvalue weighted by Gasteiger charge is -2.15. The first-order valence-corrected chi connectivity index (χ1v) is 6.46. The van der Waals surface area contributed by atoms with Crippen LogP contribution < -0.4 is 4.90 Å². The van der Waals surface area contributed by atoms with Gasteiger partial charge in [0.2, 0.25) is 0 Å². The molecule has 0 spiro atoms. The number of ether oxygens (including phenoxy) is 1. The number of rotatable bonds is 3. The summed E-state index contributed by atoms with van der Waals surface area (Å²) in [4.78, 5) is 17.5. The normalized spacial score (nSPS) is 10.3. The summed E-state index contributed by atoms with van der Waals surface area (Å²) >= 11 is 7.00. The maximum atomic E-state index is 12.9. The monoisotopic (exact) mass is 300 g/mol. The number of carbonyl (C=O) groups excluding carboxylic acids is 1. The van der Waals surface area contributed by atoms with Crippen LogP contribution in [0.2, 0.25) is 5.15 Å². The average molecular weight is 301 g/mol. The lowest BCUT2D eigenvalue weighted by molar-refractivity contribution is 0.0606. The van der Waals surface area contributed by atoms with Gasteiger partial charge in [-0.1, -0.05) is 22.9 Å². The van der Waals surface area contributed by atoms with Crippen LogP contribution in [0.3, 0.4) is 0 Å². The fourth-order valence-corrected chi connectivity index (χ4v) is 2.61. The molecule has 0 saturated carbocycles. The summed E-state index contributed by atoms with van der Waals surface area (Å²) in [5.74, 6) is -0.842. The summed E-state index contributed by atoms with van der Waals surface area (Å²) in [7, 11) is 3.03. The van der Waals surface area contributed by atoms with Crippen LogP contribution in [0, 0.1) is 5.82 Å². The maximum Gasteiger partial charge on any atom is 0.351 e. The molecule has 7 heteroatoms. The lowest BCUT2D eigenvalue weighted by Crippen LogP contribution is -2.08. The first kappa shape index (κ1) is 13.8. The number of hydrogen-bond donors (Lipinski definition) is 0. The zero-order chi connectivity index (χ0) is 14.0. The summed E-state index contributed by atoms with van der Waals surface area (Å²) in [5, 5.41) is 0.623. The highest BCUT2D eigenvalue weighted by Gasteiger charge is 2.19. The fraction of sp³-hybridized carbons (Fsp3) is 0.167. The van der Waals surface area contributed by atoms with Crippen molar-refractivity contribution in [1.82, 2.24) is 4.98 Å². The molecule has 1 aromatic heterocycles. The molecule has 100 valence electrons. The van der Waals surface area contributed by atoms with Gasteiger partial charge in [-0.3, -0.25) is 0 Å². The standard InChI is InChI=1S/C12H10ClFN2O2S/c1-16(8-5-3-7(14)4-6-8)12-15-10(13)9(19-12)11(17)18-2/h3-6H,1-2H3. The zero-order valence-electron chi connectivity index (χ0n) is 10.2. The Labute approximate surface area is 118 Å². The van der Waals surface area contributed by atoms with Crippen LogP contribution in [0.1, 0.15) is 9.67 Å². The minimum atomic E-state index is -0.527. The summed E-state index contributed by atoms with van der Waals surface area (Å²) < 4.78 is 17.5. The van der Waals surface area contributed by atoms with E-state index in [0.717, 1.165) is 17.0 Å². The van der Waals surface area contributed by atoms with Crippen LogP contribution in [-0.4, -0.2) is 25.1 Å². The van der Waals surface area contributed by atoms with Gasteiger partial charge in [-0.05, 0) is 24.3 Å². The molecule has 2 aromatic rings. The van der Waals surface area contributed by atoms with Crippen molar-refractivity contribution in [1.29, 1.82) is 0 Å². The van der Waals surface area contributed by atoms with E-state index in [4.69, 9.17) is 11.6 Å². The van der Waals surface area contributed by atoms with Crippen LogP contribution in [0.5, 0.6) is 0 Å². The van der Waals surface area contributed by atoms with Gasteiger partial charge in [-0.15, -0.1) is 0 Å². The molecule has 0 aliphatic carbocycles. The summed E-state index contributed by atoms with van der Waals surface area (Å²) in [6.07, 6.45) is 0. The third kappa shape index (κ3) is 2.85. The Morgan fingerprint density at radius 2 is 2.05 bits per heavy atom. The van der Waals surface area contributed by atoms with Gasteiger partial charge < -0.3 is 9.64 Å². The molecule has 0 unspecified atom stereocenters. The van der Waals surface area contributed by atoms with Crippen LogP contribution in [0.15, 0.2) is 24.3 Å². The van der Waals surface area contributed by atoms with E-state index in [2.05, 4.69) is 9.72 Å². The molecule has 0 bridgehead atoms. The van der Waals surface area contributed by atoms with E-state index in [1.54, 1.807) is 24.1 Å². The molecular weight excluding hydrogens is 291 g/mol. The first-order chi connectivity index (χ1) is 9.02. The third-order valence-electron chi connectivity index (χ3n) is 2.45. The van der Waals surface area contributed by atoms with Crippen molar-refractivity contribution in [2.24, 2.45) is 0 Å². The molecule has 0 fully saturated rings. The molecule has 0 amide bonds.